The summed E-state index contributed by atoms with van der Waals surface area (Å²) in [4.78, 5) is 32.4. The first-order valence-electron chi connectivity index (χ1n) is 9.10. The summed E-state index contributed by atoms with van der Waals surface area (Å²) in [6.45, 7) is 1.45. The Morgan fingerprint density at radius 3 is 2.50 bits per heavy atom. The predicted molar refractivity (Wildman–Crippen MR) is 108 cm³/mol. The van der Waals surface area contributed by atoms with Crippen LogP contribution in [0.15, 0.2) is 47.2 Å². The van der Waals surface area contributed by atoms with Gasteiger partial charge in [-0.2, -0.15) is 0 Å². The zero-order chi connectivity index (χ0) is 19.9. The molecule has 0 saturated carbocycles. The monoisotopic (exact) mass is 447 g/mol. The van der Waals surface area contributed by atoms with Crippen molar-refractivity contribution < 1.29 is 19.1 Å². The number of carbonyl (C=O) groups is 2. The molecule has 0 aliphatic carbocycles. The highest BCUT2D eigenvalue weighted by atomic mass is 79.9. The van der Waals surface area contributed by atoms with Crippen molar-refractivity contribution in [3.05, 3.63) is 52.8 Å². The van der Waals surface area contributed by atoms with E-state index in [4.69, 9.17) is 9.47 Å². The first kappa shape index (κ1) is 20.1. The molecule has 1 aliphatic rings. The number of anilines is 1. The molecule has 0 radical (unpaired) electrons. The second kappa shape index (κ2) is 9.54. The minimum absolute atomic E-state index is 0.223. The van der Waals surface area contributed by atoms with Crippen LogP contribution in [-0.2, 0) is 11.3 Å². The maximum Gasteiger partial charge on any atom is 0.423 e. The van der Waals surface area contributed by atoms with Crippen molar-refractivity contribution in [3.8, 4) is 5.75 Å². The summed E-state index contributed by atoms with van der Waals surface area (Å²) < 4.78 is 10.8. The molecule has 3 rings (SSSR count). The molecule has 2 aromatic rings. The van der Waals surface area contributed by atoms with Gasteiger partial charge in [-0.05, 0) is 65.0 Å². The Morgan fingerprint density at radius 1 is 1.14 bits per heavy atom. The molecule has 2 heterocycles. The van der Waals surface area contributed by atoms with Crippen molar-refractivity contribution in [2.45, 2.75) is 25.8 Å². The molecule has 148 valence electrons. The number of amides is 2. The molecule has 0 atom stereocenters. The molecular weight excluding hydrogens is 426 g/mol. The van der Waals surface area contributed by atoms with Crippen LogP contribution in [0.4, 0.5) is 15.3 Å². The number of likely N-dealkylation sites (tertiary alicyclic amines) is 1. The number of hydrogen-bond acceptors (Lipinski definition) is 5. The third-order valence-electron chi connectivity index (χ3n) is 4.54. The largest absolute Gasteiger partial charge is 0.497 e. The van der Waals surface area contributed by atoms with E-state index in [0.717, 1.165) is 30.6 Å². The van der Waals surface area contributed by atoms with E-state index in [9.17, 15) is 9.59 Å². The van der Waals surface area contributed by atoms with Gasteiger partial charge in [0, 0.05) is 19.3 Å². The number of hydrogen-bond donors (Lipinski definition) is 0. The smallest absolute Gasteiger partial charge is 0.423 e. The third kappa shape index (κ3) is 5.01. The van der Waals surface area contributed by atoms with Crippen LogP contribution in [0.2, 0.25) is 0 Å². The second-order valence-corrected chi connectivity index (χ2v) is 7.18. The first-order valence-corrected chi connectivity index (χ1v) is 9.89. The van der Waals surface area contributed by atoms with Crippen LogP contribution in [0.5, 0.6) is 5.75 Å². The van der Waals surface area contributed by atoms with Gasteiger partial charge >= 0.3 is 12.2 Å². The summed E-state index contributed by atoms with van der Waals surface area (Å²) >= 11 is 3.37. The zero-order valence-electron chi connectivity index (χ0n) is 15.6. The molecule has 1 aromatic carbocycles. The Labute approximate surface area is 172 Å². The molecule has 1 aliphatic heterocycles. The SMILES string of the molecule is COc1ccc(CN(C(=O)OC(=O)N2CCCCC2)c2cccnc2Br)cc1. The third-order valence-corrected chi connectivity index (χ3v) is 5.15. The van der Waals surface area contributed by atoms with Crippen LogP contribution in [-0.4, -0.2) is 42.3 Å². The fraction of sp³-hybridized carbons (Fsp3) is 0.350. The van der Waals surface area contributed by atoms with Gasteiger partial charge in [0.05, 0.1) is 19.3 Å². The van der Waals surface area contributed by atoms with Crippen molar-refractivity contribution in [3.63, 3.8) is 0 Å². The van der Waals surface area contributed by atoms with E-state index in [1.54, 1.807) is 30.3 Å². The normalized spacial score (nSPS) is 13.7. The number of aromatic nitrogens is 1. The standard InChI is InChI=1S/C20H22BrN3O4/c1-27-16-9-7-15(8-10-16)14-24(17-6-5-11-22-18(17)21)20(26)28-19(25)23-12-3-2-4-13-23/h5-11H,2-4,12-14H2,1H3. The average Bonchev–Trinajstić information content (AvgIpc) is 2.73. The van der Waals surface area contributed by atoms with Crippen molar-refractivity contribution in [2.75, 3.05) is 25.1 Å². The van der Waals surface area contributed by atoms with Crippen LogP contribution in [0.25, 0.3) is 0 Å². The number of nitrogens with zero attached hydrogens (tertiary/aromatic N) is 3. The molecule has 28 heavy (non-hydrogen) atoms. The molecule has 0 N–H and O–H groups in total. The van der Waals surface area contributed by atoms with Crippen LogP contribution in [0, 0.1) is 0 Å². The highest BCUT2D eigenvalue weighted by Gasteiger charge is 2.26. The van der Waals surface area contributed by atoms with E-state index in [-0.39, 0.29) is 6.54 Å². The van der Waals surface area contributed by atoms with E-state index in [1.807, 2.05) is 24.3 Å². The molecule has 2 amide bonds. The summed E-state index contributed by atoms with van der Waals surface area (Å²) in [5.41, 5.74) is 1.38. The molecule has 8 heteroatoms. The lowest BCUT2D eigenvalue weighted by atomic mass is 10.1. The van der Waals surface area contributed by atoms with E-state index in [2.05, 4.69) is 20.9 Å². The average molecular weight is 448 g/mol. The molecule has 1 aromatic heterocycles. The first-order chi connectivity index (χ1) is 13.6. The van der Waals surface area contributed by atoms with E-state index < -0.39 is 12.2 Å². The minimum Gasteiger partial charge on any atom is -0.497 e. The fourth-order valence-electron chi connectivity index (χ4n) is 3.01. The van der Waals surface area contributed by atoms with Gasteiger partial charge in [0.1, 0.15) is 10.4 Å². The van der Waals surface area contributed by atoms with Gasteiger partial charge in [-0.15, -0.1) is 0 Å². The number of carbonyl (C=O) groups excluding carboxylic acids is 2. The van der Waals surface area contributed by atoms with Gasteiger partial charge in [0.2, 0.25) is 0 Å². The quantitative estimate of drug-likeness (QED) is 0.505. The van der Waals surface area contributed by atoms with Crippen LogP contribution in [0.1, 0.15) is 24.8 Å². The number of halogens is 1. The summed E-state index contributed by atoms with van der Waals surface area (Å²) in [6.07, 6.45) is 3.21. The Balaban J connectivity index is 1.79. The van der Waals surface area contributed by atoms with Gasteiger partial charge in [0.15, 0.2) is 0 Å². The lowest BCUT2D eigenvalue weighted by molar-refractivity contribution is 0.114. The van der Waals surface area contributed by atoms with E-state index >= 15 is 0 Å². The summed E-state index contributed by atoms with van der Waals surface area (Å²) in [5, 5.41) is 0. The lowest BCUT2D eigenvalue weighted by Gasteiger charge is -2.27. The Morgan fingerprint density at radius 2 is 1.86 bits per heavy atom. The number of ether oxygens (including phenoxy) is 2. The Bertz CT molecular complexity index is 822. The Hall–Kier alpha value is -2.61. The maximum atomic E-state index is 12.9. The second-order valence-electron chi connectivity index (χ2n) is 6.43. The zero-order valence-corrected chi connectivity index (χ0v) is 17.2. The fourth-order valence-corrected chi connectivity index (χ4v) is 3.48. The number of methoxy groups -OCH3 is 1. The van der Waals surface area contributed by atoms with Crippen molar-refractivity contribution in [2.24, 2.45) is 0 Å². The summed E-state index contributed by atoms with van der Waals surface area (Å²) in [7, 11) is 1.59. The van der Waals surface area contributed by atoms with Crippen LogP contribution >= 0.6 is 15.9 Å². The molecule has 1 saturated heterocycles. The van der Waals surface area contributed by atoms with E-state index in [0.29, 0.717) is 23.4 Å². The topological polar surface area (TPSA) is 72.0 Å². The van der Waals surface area contributed by atoms with E-state index in [1.165, 1.54) is 4.90 Å². The minimum atomic E-state index is -0.736. The molecular formula is C20H22BrN3O4. The van der Waals surface area contributed by atoms with Crippen LogP contribution in [0.3, 0.4) is 0 Å². The van der Waals surface area contributed by atoms with Gasteiger partial charge in [-0.3, -0.25) is 4.90 Å². The number of pyridine rings is 1. The molecule has 0 bridgehead atoms. The molecule has 1 fully saturated rings. The molecule has 0 unspecified atom stereocenters. The highest BCUT2D eigenvalue weighted by Crippen LogP contribution is 2.26. The Kier molecular flexibility index (Phi) is 6.86. The van der Waals surface area contributed by atoms with Crippen molar-refractivity contribution >= 4 is 33.8 Å². The predicted octanol–water partition coefficient (Wildman–Crippen LogP) is 4.60. The molecule has 7 nitrogen and oxygen atoms in total. The van der Waals surface area contributed by atoms with Gasteiger partial charge in [-0.25, -0.2) is 14.6 Å². The summed E-state index contributed by atoms with van der Waals surface area (Å²) in [5.74, 6) is 0.723. The van der Waals surface area contributed by atoms with Crippen LogP contribution < -0.4 is 9.64 Å². The number of benzene rings is 1. The van der Waals surface area contributed by atoms with Gasteiger partial charge in [-0.1, -0.05) is 12.1 Å². The number of rotatable bonds is 4. The highest BCUT2D eigenvalue weighted by molar-refractivity contribution is 9.10. The molecule has 0 spiro atoms. The van der Waals surface area contributed by atoms with Gasteiger partial charge < -0.3 is 14.4 Å². The lowest BCUT2D eigenvalue weighted by Crippen LogP contribution is -2.41. The van der Waals surface area contributed by atoms with Gasteiger partial charge in [0.25, 0.3) is 0 Å². The summed E-state index contributed by atoms with van der Waals surface area (Å²) in [6, 6.07) is 10.8. The maximum absolute atomic E-state index is 12.9. The van der Waals surface area contributed by atoms with Crippen molar-refractivity contribution in [1.29, 1.82) is 0 Å². The van der Waals surface area contributed by atoms with Crippen molar-refractivity contribution in [1.82, 2.24) is 9.88 Å². The number of piperidine rings is 1.